The number of hydrogen-bond acceptors (Lipinski definition) is 1. The Hall–Kier alpha value is -0.820. The van der Waals surface area contributed by atoms with Crippen LogP contribution >= 0.6 is 0 Å². The Morgan fingerprint density at radius 3 is 2.23 bits per heavy atom. The van der Waals surface area contributed by atoms with Gasteiger partial charge in [0.1, 0.15) is 0 Å². The Morgan fingerprint density at radius 2 is 1.77 bits per heavy atom. The van der Waals surface area contributed by atoms with Crippen molar-refractivity contribution in [1.82, 2.24) is 0 Å². The van der Waals surface area contributed by atoms with Gasteiger partial charge in [-0.2, -0.15) is 0 Å². The van der Waals surface area contributed by atoms with Crippen LogP contribution in [0.5, 0.6) is 0 Å². The van der Waals surface area contributed by atoms with Crippen LogP contribution in [0.3, 0.4) is 0 Å². The fraction of sp³-hybridized carbons (Fsp3) is 0.500. The van der Waals surface area contributed by atoms with Crippen LogP contribution in [0.2, 0.25) is 0 Å². The van der Waals surface area contributed by atoms with E-state index in [1.165, 1.54) is 0 Å². The number of rotatable bonds is 4. The summed E-state index contributed by atoms with van der Waals surface area (Å²) >= 11 is 0. The van der Waals surface area contributed by atoms with Gasteiger partial charge in [-0.05, 0) is 18.4 Å². The lowest BCUT2D eigenvalue weighted by Gasteiger charge is -2.26. The van der Waals surface area contributed by atoms with E-state index in [-0.39, 0.29) is 0 Å². The van der Waals surface area contributed by atoms with Crippen molar-refractivity contribution in [1.29, 1.82) is 0 Å². The van der Waals surface area contributed by atoms with Gasteiger partial charge in [0, 0.05) is 0 Å². The van der Waals surface area contributed by atoms with Crippen molar-refractivity contribution in [3.05, 3.63) is 35.9 Å². The first-order valence-corrected chi connectivity index (χ1v) is 5.01. The highest BCUT2D eigenvalue weighted by atomic mass is 16.3. The van der Waals surface area contributed by atoms with Crippen LogP contribution in [-0.4, -0.2) is 5.11 Å². The maximum absolute atomic E-state index is 10.3. The molecule has 0 saturated heterocycles. The zero-order valence-corrected chi connectivity index (χ0v) is 8.46. The first-order chi connectivity index (χ1) is 6.23. The van der Waals surface area contributed by atoms with Gasteiger partial charge in [-0.3, -0.25) is 0 Å². The van der Waals surface area contributed by atoms with E-state index in [9.17, 15) is 5.11 Å². The molecule has 0 aliphatic heterocycles. The zero-order chi connectivity index (χ0) is 9.73. The Balaban J connectivity index is 2.89. The smallest absolute Gasteiger partial charge is 0.0893 e. The molecule has 0 aromatic heterocycles. The fourth-order valence-corrected chi connectivity index (χ4v) is 1.69. The van der Waals surface area contributed by atoms with Crippen molar-refractivity contribution < 1.29 is 5.11 Å². The Morgan fingerprint density at radius 1 is 1.15 bits per heavy atom. The zero-order valence-electron chi connectivity index (χ0n) is 8.46. The van der Waals surface area contributed by atoms with Crippen LogP contribution in [0.4, 0.5) is 0 Å². The van der Waals surface area contributed by atoms with E-state index in [0.29, 0.717) is 0 Å². The SMILES string of the molecule is CCC[C@@](O)(CC)c1ccccc1. The molecule has 1 atom stereocenters. The first kappa shape index (κ1) is 10.3. The van der Waals surface area contributed by atoms with E-state index in [4.69, 9.17) is 0 Å². The molecule has 1 nitrogen and oxygen atoms in total. The monoisotopic (exact) mass is 178 g/mol. The molecule has 0 aliphatic rings. The lowest BCUT2D eigenvalue weighted by Crippen LogP contribution is -2.24. The van der Waals surface area contributed by atoms with Crippen LogP contribution < -0.4 is 0 Å². The van der Waals surface area contributed by atoms with Gasteiger partial charge in [0.05, 0.1) is 5.60 Å². The van der Waals surface area contributed by atoms with Crippen LogP contribution in [0.1, 0.15) is 38.7 Å². The normalized spacial score (nSPS) is 15.3. The Bertz CT molecular complexity index is 243. The molecule has 1 N–H and O–H groups in total. The van der Waals surface area contributed by atoms with Crippen molar-refractivity contribution in [2.45, 2.75) is 38.7 Å². The van der Waals surface area contributed by atoms with Gasteiger partial charge in [0.2, 0.25) is 0 Å². The van der Waals surface area contributed by atoms with Crippen LogP contribution in [0, 0.1) is 0 Å². The third-order valence-corrected chi connectivity index (χ3v) is 2.56. The maximum Gasteiger partial charge on any atom is 0.0893 e. The second kappa shape index (κ2) is 4.43. The summed E-state index contributed by atoms with van der Waals surface area (Å²) in [6.45, 7) is 4.13. The third kappa shape index (κ3) is 2.31. The summed E-state index contributed by atoms with van der Waals surface area (Å²) in [5, 5.41) is 10.3. The van der Waals surface area contributed by atoms with E-state index >= 15 is 0 Å². The lowest BCUT2D eigenvalue weighted by molar-refractivity contribution is 0.0226. The topological polar surface area (TPSA) is 20.2 Å². The van der Waals surface area contributed by atoms with Crippen LogP contribution in [0.25, 0.3) is 0 Å². The second-order valence-electron chi connectivity index (χ2n) is 3.50. The van der Waals surface area contributed by atoms with Crippen molar-refractivity contribution in [2.75, 3.05) is 0 Å². The minimum absolute atomic E-state index is 0.615. The van der Waals surface area contributed by atoms with Crippen molar-refractivity contribution in [3.63, 3.8) is 0 Å². The molecule has 0 saturated carbocycles. The third-order valence-electron chi connectivity index (χ3n) is 2.56. The molecule has 0 unspecified atom stereocenters. The molecule has 1 aromatic rings. The standard InChI is InChI=1S/C12H18O/c1-3-10-12(13,4-2)11-8-6-5-7-9-11/h5-9,13H,3-4,10H2,1-2H3/t12-/m0/s1. The molecule has 72 valence electrons. The minimum atomic E-state index is -0.615. The summed E-state index contributed by atoms with van der Waals surface area (Å²) in [7, 11) is 0. The lowest BCUT2D eigenvalue weighted by atomic mass is 9.87. The summed E-state index contributed by atoms with van der Waals surface area (Å²) in [4.78, 5) is 0. The van der Waals surface area contributed by atoms with Crippen LogP contribution in [0.15, 0.2) is 30.3 Å². The van der Waals surface area contributed by atoms with Gasteiger partial charge >= 0.3 is 0 Å². The van der Waals surface area contributed by atoms with Gasteiger partial charge < -0.3 is 5.11 Å². The Kier molecular flexibility index (Phi) is 3.49. The molecule has 13 heavy (non-hydrogen) atoms. The molecular weight excluding hydrogens is 160 g/mol. The van der Waals surface area contributed by atoms with Crippen molar-refractivity contribution in [2.24, 2.45) is 0 Å². The van der Waals surface area contributed by atoms with Gasteiger partial charge in [-0.1, -0.05) is 50.6 Å². The predicted octanol–water partition coefficient (Wildman–Crippen LogP) is 3.08. The van der Waals surface area contributed by atoms with Crippen LogP contribution in [-0.2, 0) is 5.60 Å². The quantitative estimate of drug-likeness (QED) is 0.751. The second-order valence-corrected chi connectivity index (χ2v) is 3.50. The van der Waals surface area contributed by atoms with Gasteiger partial charge in [0.25, 0.3) is 0 Å². The van der Waals surface area contributed by atoms with Gasteiger partial charge in [-0.25, -0.2) is 0 Å². The molecule has 1 heteroatoms. The molecular formula is C12H18O. The predicted molar refractivity (Wildman–Crippen MR) is 55.5 cm³/mol. The average molecular weight is 178 g/mol. The summed E-state index contributed by atoms with van der Waals surface area (Å²) in [6.07, 6.45) is 2.64. The maximum atomic E-state index is 10.3. The molecule has 0 radical (unpaired) electrons. The fourth-order valence-electron chi connectivity index (χ4n) is 1.69. The van der Waals surface area contributed by atoms with E-state index in [0.717, 1.165) is 24.8 Å². The van der Waals surface area contributed by atoms with Gasteiger partial charge in [-0.15, -0.1) is 0 Å². The number of benzene rings is 1. The van der Waals surface area contributed by atoms with Gasteiger partial charge in [0.15, 0.2) is 0 Å². The Labute approximate surface area is 80.4 Å². The molecule has 1 aromatic carbocycles. The summed E-state index contributed by atoms with van der Waals surface area (Å²) in [5.74, 6) is 0. The molecule has 1 rings (SSSR count). The number of aliphatic hydroxyl groups is 1. The highest BCUT2D eigenvalue weighted by Crippen LogP contribution is 2.29. The van der Waals surface area contributed by atoms with E-state index in [2.05, 4.69) is 6.92 Å². The van der Waals surface area contributed by atoms with Crippen molar-refractivity contribution in [3.8, 4) is 0 Å². The largest absolute Gasteiger partial charge is 0.385 e. The average Bonchev–Trinajstić information content (AvgIpc) is 2.19. The molecule has 0 amide bonds. The highest BCUT2D eigenvalue weighted by Gasteiger charge is 2.25. The van der Waals surface area contributed by atoms with E-state index < -0.39 is 5.60 Å². The summed E-state index contributed by atoms with van der Waals surface area (Å²) < 4.78 is 0. The van der Waals surface area contributed by atoms with E-state index in [1.54, 1.807) is 0 Å². The number of hydrogen-bond donors (Lipinski definition) is 1. The molecule has 0 fully saturated rings. The molecule has 0 aliphatic carbocycles. The summed E-state index contributed by atoms with van der Waals surface area (Å²) in [5.41, 5.74) is 0.426. The summed E-state index contributed by atoms with van der Waals surface area (Å²) in [6, 6.07) is 9.93. The first-order valence-electron chi connectivity index (χ1n) is 5.01. The molecule has 0 bridgehead atoms. The minimum Gasteiger partial charge on any atom is -0.385 e. The molecule has 0 heterocycles. The molecule has 0 spiro atoms. The van der Waals surface area contributed by atoms with Crippen molar-refractivity contribution >= 4 is 0 Å². The highest BCUT2D eigenvalue weighted by molar-refractivity contribution is 5.21. The van der Waals surface area contributed by atoms with E-state index in [1.807, 2.05) is 37.3 Å².